The number of rotatable bonds is 4. The van der Waals surface area contributed by atoms with Gasteiger partial charge in [0.1, 0.15) is 6.61 Å². The van der Waals surface area contributed by atoms with Crippen molar-refractivity contribution < 1.29 is 14.3 Å². The zero-order valence-corrected chi connectivity index (χ0v) is 15.8. The number of amides is 2. The number of piperazine rings is 1. The summed E-state index contributed by atoms with van der Waals surface area (Å²) >= 11 is 0. The second-order valence-corrected chi connectivity index (χ2v) is 7.27. The van der Waals surface area contributed by atoms with Crippen LogP contribution in [-0.2, 0) is 20.9 Å². The van der Waals surface area contributed by atoms with Crippen molar-refractivity contribution in [2.24, 2.45) is 0 Å². The molecule has 0 unspecified atom stereocenters. The SMILES string of the molecule is O=C1CO[C@H](C(=O)N2CCN(Cc3ccccc3)CC2)[C@@H](c2ccccc2)N1. The first-order chi connectivity index (χ1) is 13.7. The number of hydrogen-bond acceptors (Lipinski definition) is 4. The molecule has 1 N–H and O–H groups in total. The molecule has 2 aromatic rings. The molecule has 6 heteroatoms. The van der Waals surface area contributed by atoms with Crippen LogP contribution in [0.1, 0.15) is 17.2 Å². The lowest BCUT2D eigenvalue weighted by molar-refractivity contribution is -0.156. The molecule has 2 saturated heterocycles. The minimum absolute atomic E-state index is 0.0479. The van der Waals surface area contributed by atoms with E-state index in [2.05, 4.69) is 22.3 Å². The molecule has 2 fully saturated rings. The third-order valence-electron chi connectivity index (χ3n) is 5.35. The number of morpholine rings is 1. The van der Waals surface area contributed by atoms with E-state index in [1.165, 1.54) is 5.56 Å². The Balaban J connectivity index is 1.39. The van der Waals surface area contributed by atoms with Crippen molar-refractivity contribution in [1.29, 1.82) is 0 Å². The topological polar surface area (TPSA) is 61.9 Å². The number of ether oxygens (including phenoxy) is 1. The summed E-state index contributed by atoms with van der Waals surface area (Å²) in [5.41, 5.74) is 2.17. The zero-order chi connectivity index (χ0) is 19.3. The summed E-state index contributed by atoms with van der Waals surface area (Å²) in [6.07, 6.45) is -0.680. The number of nitrogens with zero attached hydrogens (tertiary/aromatic N) is 2. The van der Waals surface area contributed by atoms with Crippen LogP contribution in [0, 0.1) is 0 Å². The second-order valence-electron chi connectivity index (χ2n) is 7.27. The molecule has 2 aromatic carbocycles. The van der Waals surface area contributed by atoms with Gasteiger partial charge >= 0.3 is 0 Å². The highest BCUT2D eigenvalue weighted by molar-refractivity contribution is 5.86. The number of nitrogens with one attached hydrogen (secondary N) is 1. The van der Waals surface area contributed by atoms with Crippen LogP contribution in [0.15, 0.2) is 60.7 Å². The van der Waals surface area contributed by atoms with Crippen LogP contribution < -0.4 is 5.32 Å². The molecule has 28 heavy (non-hydrogen) atoms. The first-order valence-electron chi connectivity index (χ1n) is 9.72. The van der Waals surface area contributed by atoms with Crippen LogP contribution in [0.2, 0.25) is 0 Å². The minimum Gasteiger partial charge on any atom is -0.356 e. The summed E-state index contributed by atoms with van der Waals surface area (Å²) < 4.78 is 5.68. The molecule has 2 amide bonds. The summed E-state index contributed by atoms with van der Waals surface area (Å²) in [6, 6.07) is 19.5. The largest absolute Gasteiger partial charge is 0.356 e. The van der Waals surface area contributed by atoms with Crippen LogP contribution in [0.4, 0.5) is 0 Å². The fraction of sp³-hybridized carbons (Fsp3) is 0.364. The highest BCUT2D eigenvalue weighted by atomic mass is 16.5. The van der Waals surface area contributed by atoms with Gasteiger partial charge in [0.25, 0.3) is 5.91 Å². The van der Waals surface area contributed by atoms with Gasteiger partial charge in [0.2, 0.25) is 5.91 Å². The first-order valence-corrected chi connectivity index (χ1v) is 9.72. The predicted octanol–water partition coefficient (Wildman–Crippen LogP) is 1.59. The standard InChI is InChI=1S/C22H25N3O3/c26-19-16-28-21(20(23-19)18-9-5-2-6-10-18)22(27)25-13-11-24(12-14-25)15-17-7-3-1-4-8-17/h1-10,20-21H,11-16H2,(H,23,26)/t20-,21+/m1/s1. The van der Waals surface area contributed by atoms with Gasteiger partial charge < -0.3 is 15.0 Å². The van der Waals surface area contributed by atoms with Crippen LogP contribution >= 0.6 is 0 Å². The minimum atomic E-state index is -0.680. The van der Waals surface area contributed by atoms with Crippen molar-refractivity contribution in [1.82, 2.24) is 15.1 Å². The van der Waals surface area contributed by atoms with Crippen molar-refractivity contribution in [2.75, 3.05) is 32.8 Å². The van der Waals surface area contributed by atoms with E-state index < -0.39 is 12.1 Å². The number of hydrogen-bond donors (Lipinski definition) is 1. The zero-order valence-electron chi connectivity index (χ0n) is 15.8. The van der Waals surface area contributed by atoms with Gasteiger partial charge in [0, 0.05) is 32.7 Å². The highest BCUT2D eigenvalue weighted by Crippen LogP contribution is 2.24. The van der Waals surface area contributed by atoms with E-state index in [0.29, 0.717) is 13.1 Å². The number of carbonyl (C=O) groups is 2. The van der Waals surface area contributed by atoms with E-state index in [-0.39, 0.29) is 18.4 Å². The molecule has 0 aromatic heterocycles. The molecule has 0 saturated carbocycles. The van der Waals surface area contributed by atoms with E-state index >= 15 is 0 Å². The molecule has 0 aliphatic carbocycles. The number of carbonyl (C=O) groups excluding carboxylic acids is 2. The van der Waals surface area contributed by atoms with E-state index in [0.717, 1.165) is 25.2 Å². The molecular weight excluding hydrogens is 354 g/mol. The lowest BCUT2D eigenvalue weighted by atomic mass is 9.98. The average molecular weight is 379 g/mol. The Kier molecular flexibility index (Phi) is 5.69. The normalized spacial score (nSPS) is 23.3. The summed E-state index contributed by atoms with van der Waals surface area (Å²) in [5.74, 6) is -0.237. The Morgan fingerprint density at radius 3 is 2.29 bits per heavy atom. The Hall–Kier alpha value is -2.70. The lowest BCUT2D eigenvalue weighted by Crippen LogP contribution is -2.57. The summed E-state index contributed by atoms with van der Waals surface area (Å²) in [4.78, 5) is 29.2. The first kappa shape index (κ1) is 18.7. The van der Waals surface area contributed by atoms with Gasteiger partial charge in [-0.3, -0.25) is 14.5 Å². The van der Waals surface area contributed by atoms with Crippen molar-refractivity contribution in [3.05, 3.63) is 71.8 Å². The Morgan fingerprint density at radius 1 is 0.964 bits per heavy atom. The molecule has 2 atom stereocenters. The van der Waals surface area contributed by atoms with Gasteiger partial charge in [0.15, 0.2) is 6.10 Å². The van der Waals surface area contributed by atoms with E-state index in [9.17, 15) is 9.59 Å². The summed E-state index contributed by atoms with van der Waals surface area (Å²) in [5, 5.41) is 2.92. The molecule has 6 nitrogen and oxygen atoms in total. The molecule has 2 aliphatic heterocycles. The van der Waals surface area contributed by atoms with Gasteiger partial charge in [-0.05, 0) is 11.1 Å². The maximum absolute atomic E-state index is 13.1. The average Bonchev–Trinajstić information content (AvgIpc) is 2.75. The molecule has 0 radical (unpaired) electrons. The van der Waals surface area contributed by atoms with Crippen molar-refractivity contribution in [2.45, 2.75) is 18.7 Å². The quantitative estimate of drug-likeness (QED) is 0.876. The monoisotopic (exact) mass is 379 g/mol. The Morgan fingerprint density at radius 2 is 1.61 bits per heavy atom. The fourth-order valence-electron chi connectivity index (χ4n) is 3.83. The van der Waals surface area contributed by atoms with Crippen LogP contribution in [0.3, 0.4) is 0 Å². The molecule has 4 rings (SSSR count). The smallest absolute Gasteiger partial charge is 0.254 e. The maximum atomic E-state index is 13.1. The summed E-state index contributed by atoms with van der Waals surface area (Å²) in [7, 11) is 0. The second kappa shape index (κ2) is 8.54. The van der Waals surface area contributed by atoms with Gasteiger partial charge in [0.05, 0.1) is 6.04 Å². The molecule has 0 bridgehead atoms. The van der Waals surface area contributed by atoms with Crippen molar-refractivity contribution in [3.8, 4) is 0 Å². The highest BCUT2D eigenvalue weighted by Gasteiger charge is 2.39. The molecule has 2 heterocycles. The Bertz CT molecular complexity index is 804. The molecular formula is C22H25N3O3. The lowest BCUT2D eigenvalue weighted by Gasteiger charge is -2.39. The van der Waals surface area contributed by atoms with Crippen LogP contribution in [0.25, 0.3) is 0 Å². The van der Waals surface area contributed by atoms with Gasteiger partial charge in [-0.1, -0.05) is 60.7 Å². The third kappa shape index (κ3) is 4.24. The summed E-state index contributed by atoms with van der Waals surface area (Å²) in [6.45, 7) is 3.81. The van der Waals surface area contributed by atoms with Crippen LogP contribution in [-0.4, -0.2) is 60.5 Å². The van der Waals surface area contributed by atoms with E-state index in [1.54, 1.807) is 0 Å². The Labute approximate surface area is 165 Å². The van der Waals surface area contributed by atoms with E-state index in [4.69, 9.17) is 4.74 Å². The van der Waals surface area contributed by atoms with Crippen LogP contribution in [0.5, 0.6) is 0 Å². The third-order valence-corrected chi connectivity index (χ3v) is 5.35. The molecule has 0 spiro atoms. The van der Waals surface area contributed by atoms with Crippen molar-refractivity contribution in [3.63, 3.8) is 0 Å². The van der Waals surface area contributed by atoms with Crippen molar-refractivity contribution >= 4 is 11.8 Å². The predicted molar refractivity (Wildman–Crippen MR) is 105 cm³/mol. The fourth-order valence-corrected chi connectivity index (χ4v) is 3.83. The van der Waals surface area contributed by atoms with Gasteiger partial charge in [-0.25, -0.2) is 0 Å². The molecule has 2 aliphatic rings. The maximum Gasteiger partial charge on any atom is 0.254 e. The van der Waals surface area contributed by atoms with Gasteiger partial charge in [-0.2, -0.15) is 0 Å². The molecule has 146 valence electrons. The van der Waals surface area contributed by atoms with Gasteiger partial charge in [-0.15, -0.1) is 0 Å². The van der Waals surface area contributed by atoms with E-state index in [1.807, 2.05) is 53.4 Å². The number of benzene rings is 2.